The Balaban J connectivity index is 2.16. The average Bonchev–Trinajstić information content (AvgIpc) is 2.44. The van der Waals surface area contributed by atoms with Gasteiger partial charge in [-0.3, -0.25) is 0 Å². The van der Waals surface area contributed by atoms with Gasteiger partial charge in [0, 0.05) is 32.2 Å². The van der Waals surface area contributed by atoms with Crippen LogP contribution in [0.25, 0.3) is 0 Å². The lowest BCUT2D eigenvalue weighted by atomic mass is 10.1. The highest BCUT2D eigenvalue weighted by molar-refractivity contribution is 7.89. The van der Waals surface area contributed by atoms with Crippen LogP contribution in [0.2, 0.25) is 0 Å². The van der Waals surface area contributed by atoms with E-state index in [9.17, 15) is 25.6 Å². The number of hydrogen-bond donors (Lipinski definition) is 0. The SMILES string of the molecule is CN(C1CCN(S(=O)(=O)c2cc(F)cc(F)c2)CC1)S(C)(=O)=O. The van der Waals surface area contributed by atoms with Gasteiger partial charge in [-0.15, -0.1) is 0 Å². The molecule has 1 aliphatic rings. The molecule has 1 fully saturated rings. The van der Waals surface area contributed by atoms with Gasteiger partial charge in [-0.1, -0.05) is 0 Å². The van der Waals surface area contributed by atoms with E-state index in [1.165, 1.54) is 11.4 Å². The number of sulfonamides is 2. The standard InChI is InChI=1S/C13H18F2N2O4S2/c1-16(22(2,18)19)12-3-5-17(6-4-12)23(20,21)13-8-10(14)7-11(15)9-13/h7-9,12H,3-6H2,1-2H3. The quantitative estimate of drug-likeness (QED) is 0.795. The highest BCUT2D eigenvalue weighted by atomic mass is 32.2. The molecule has 0 bridgehead atoms. The molecule has 0 radical (unpaired) electrons. The molecule has 1 saturated heterocycles. The van der Waals surface area contributed by atoms with Crippen LogP contribution in [0.4, 0.5) is 8.78 Å². The van der Waals surface area contributed by atoms with Crippen LogP contribution in [0.1, 0.15) is 12.8 Å². The fourth-order valence-electron chi connectivity index (χ4n) is 2.54. The van der Waals surface area contributed by atoms with E-state index in [-0.39, 0.29) is 19.1 Å². The van der Waals surface area contributed by atoms with Crippen LogP contribution in [0.15, 0.2) is 23.1 Å². The number of halogens is 2. The summed E-state index contributed by atoms with van der Waals surface area (Å²) in [6.07, 6.45) is 1.73. The number of benzene rings is 1. The third-order valence-corrected chi connectivity index (χ3v) is 7.16. The first-order valence-corrected chi connectivity index (χ1v) is 10.2. The minimum atomic E-state index is -4.01. The number of nitrogens with zero attached hydrogens (tertiary/aromatic N) is 2. The lowest BCUT2D eigenvalue weighted by molar-refractivity contribution is 0.239. The molecule has 6 nitrogen and oxygen atoms in total. The van der Waals surface area contributed by atoms with E-state index in [2.05, 4.69) is 0 Å². The molecular weight excluding hydrogens is 350 g/mol. The summed E-state index contributed by atoms with van der Waals surface area (Å²) in [5.74, 6) is -1.93. The number of piperidine rings is 1. The molecule has 0 spiro atoms. The van der Waals surface area contributed by atoms with Gasteiger partial charge in [-0.05, 0) is 25.0 Å². The molecule has 10 heteroatoms. The van der Waals surface area contributed by atoms with E-state index in [0.717, 1.165) is 22.7 Å². The second kappa shape index (κ2) is 6.42. The Morgan fingerprint density at radius 2 is 1.52 bits per heavy atom. The molecule has 0 saturated carbocycles. The van der Waals surface area contributed by atoms with Gasteiger partial charge in [0.25, 0.3) is 0 Å². The lowest BCUT2D eigenvalue weighted by Gasteiger charge is -2.34. The third kappa shape index (κ3) is 4.06. The van der Waals surface area contributed by atoms with Crippen molar-refractivity contribution in [1.82, 2.24) is 8.61 Å². The first-order valence-electron chi connectivity index (χ1n) is 6.91. The second-order valence-corrected chi connectivity index (χ2v) is 9.50. The summed E-state index contributed by atoms with van der Waals surface area (Å²) < 4.78 is 76.7. The zero-order valence-corrected chi connectivity index (χ0v) is 14.4. The topological polar surface area (TPSA) is 74.8 Å². The molecule has 0 unspecified atom stereocenters. The monoisotopic (exact) mass is 368 g/mol. The predicted octanol–water partition coefficient (Wildman–Crippen LogP) is 1.01. The van der Waals surface area contributed by atoms with Crippen molar-refractivity contribution >= 4 is 20.0 Å². The van der Waals surface area contributed by atoms with E-state index in [1.807, 2.05) is 0 Å². The number of rotatable bonds is 4. The Kier molecular flexibility index (Phi) is 5.09. The van der Waals surface area contributed by atoms with Crippen LogP contribution < -0.4 is 0 Å². The minimum absolute atomic E-state index is 0.0883. The van der Waals surface area contributed by atoms with E-state index in [0.29, 0.717) is 18.9 Å². The van der Waals surface area contributed by atoms with Crippen molar-refractivity contribution in [2.24, 2.45) is 0 Å². The normalized spacial score (nSPS) is 18.5. The van der Waals surface area contributed by atoms with Gasteiger partial charge in [0.05, 0.1) is 11.2 Å². The van der Waals surface area contributed by atoms with Gasteiger partial charge in [0.2, 0.25) is 20.0 Å². The van der Waals surface area contributed by atoms with Crippen LogP contribution >= 0.6 is 0 Å². The predicted molar refractivity (Wildman–Crippen MR) is 80.7 cm³/mol. The molecule has 0 atom stereocenters. The molecular formula is C13H18F2N2O4S2. The third-order valence-electron chi connectivity index (χ3n) is 3.93. The maximum atomic E-state index is 13.2. The van der Waals surface area contributed by atoms with Crippen LogP contribution in [0, 0.1) is 11.6 Å². The summed E-state index contributed by atoms with van der Waals surface area (Å²) in [6, 6.07) is 1.85. The average molecular weight is 368 g/mol. The molecule has 2 rings (SSSR count). The molecule has 0 N–H and O–H groups in total. The van der Waals surface area contributed by atoms with Crippen molar-refractivity contribution in [3.8, 4) is 0 Å². The van der Waals surface area contributed by atoms with E-state index in [1.54, 1.807) is 0 Å². The Morgan fingerprint density at radius 3 is 1.96 bits per heavy atom. The highest BCUT2D eigenvalue weighted by Gasteiger charge is 2.33. The summed E-state index contributed by atoms with van der Waals surface area (Å²) in [5.41, 5.74) is 0. The summed E-state index contributed by atoms with van der Waals surface area (Å²) in [5, 5.41) is 0. The molecule has 1 aromatic carbocycles. The summed E-state index contributed by atoms with van der Waals surface area (Å²) in [7, 11) is -5.91. The molecule has 1 heterocycles. The van der Waals surface area contributed by atoms with Crippen LogP contribution in [0.5, 0.6) is 0 Å². The zero-order valence-electron chi connectivity index (χ0n) is 12.7. The summed E-state index contributed by atoms with van der Waals surface area (Å²) in [6.45, 7) is 0.177. The largest absolute Gasteiger partial charge is 0.243 e. The second-order valence-electron chi connectivity index (χ2n) is 5.52. The number of hydrogen-bond acceptors (Lipinski definition) is 4. The summed E-state index contributed by atoms with van der Waals surface area (Å²) in [4.78, 5) is -0.440. The maximum absolute atomic E-state index is 13.2. The minimum Gasteiger partial charge on any atom is -0.213 e. The van der Waals surface area contributed by atoms with Crippen molar-refractivity contribution in [3.63, 3.8) is 0 Å². The molecule has 0 aromatic heterocycles. The zero-order chi connectivity index (χ0) is 17.4. The smallest absolute Gasteiger partial charge is 0.213 e. The van der Waals surface area contributed by atoms with Gasteiger partial charge in [-0.2, -0.15) is 4.31 Å². The van der Waals surface area contributed by atoms with Crippen molar-refractivity contribution < 1.29 is 25.6 Å². The lowest BCUT2D eigenvalue weighted by Crippen LogP contribution is -2.46. The van der Waals surface area contributed by atoms with E-state index < -0.39 is 36.6 Å². The first kappa shape index (κ1) is 18.2. The Labute approximate surface area is 134 Å². The van der Waals surface area contributed by atoms with Crippen LogP contribution in [-0.4, -0.2) is 57.9 Å². The van der Waals surface area contributed by atoms with E-state index >= 15 is 0 Å². The van der Waals surface area contributed by atoms with Gasteiger partial charge < -0.3 is 0 Å². The summed E-state index contributed by atoms with van der Waals surface area (Å²) >= 11 is 0. The van der Waals surface area contributed by atoms with Gasteiger partial charge in [0.15, 0.2) is 0 Å². The van der Waals surface area contributed by atoms with Crippen molar-refractivity contribution in [2.75, 3.05) is 26.4 Å². The van der Waals surface area contributed by atoms with Crippen LogP contribution in [0.3, 0.4) is 0 Å². The van der Waals surface area contributed by atoms with Crippen molar-refractivity contribution in [3.05, 3.63) is 29.8 Å². The molecule has 1 aliphatic heterocycles. The fourth-order valence-corrected chi connectivity index (χ4v) is 4.81. The molecule has 0 aliphatic carbocycles. The van der Waals surface area contributed by atoms with Crippen molar-refractivity contribution in [2.45, 2.75) is 23.8 Å². The maximum Gasteiger partial charge on any atom is 0.243 e. The van der Waals surface area contributed by atoms with Gasteiger partial charge >= 0.3 is 0 Å². The molecule has 23 heavy (non-hydrogen) atoms. The van der Waals surface area contributed by atoms with E-state index in [4.69, 9.17) is 0 Å². The Hall–Kier alpha value is -1.10. The van der Waals surface area contributed by atoms with Gasteiger partial charge in [0.1, 0.15) is 11.6 Å². The fraction of sp³-hybridized carbons (Fsp3) is 0.538. The highest BCUT2D eigenvalue weighted by Crippen LogP contribution is 2.24. The first-order chi connectivity index (χ1) is 10.5. The Morgan fingerprint density at radius 1 is 1.04 bits per heavy atom. The molecule has 130 valence electrons. The van der Waals surface area contributed by atoms with Crippen molar-refractivity contribution in [1.29, 1.82) is 0 Å². The van der Waals surface area contributed by atoms with Crippen LogP contribution in [-0.2, 0) is 20.0 Å². The molecule has 1 aromatic rings. The van der Waals surface area contributed by atoms with Gasteiger partial charge in [-0.25, -0.2) is 29.9 Å². The molecule has 0 amide bonds. The Bertz CT molecular complexity index is 768.